The Hall–Kier alpha value is -3.41. The molecule has 1 N–H and O–H groups in total. The molecule has 5 rings (SSSR count). The van der Waals surface area contributed by atoms with Gasteiger partial charge in [-0.3, -0.25) is 9.59 Å². The summed E-state index contributed by atoms with van der Waals surface area (Å²) in [5.74, 6) is 0.0158. The molecule has 6 heteroatoms. The molecule has 6 nitrogen and oxygen atoms in total. The fraction of sp³-hybridized carbons (Fsp3) is 0.370. The van der Waals surface area contributed by atoms with Gasteiger partial charge in [0.25, 0.3) is 0 Å². The summed E-state index contributed by atoms with van der Waals surface area (Å²) < 4.78 is 1.95. The number of aromatic nitrogens is 2. The molecular weight excluding hydrogens is 412 g/mol. The summed E-state index contributed by atoms with van der Waals surface area (Å²) in [5, 5.41) is 3.04. The predicted octanol–water partition coefficient (Wildman–Crippen LogP) is 4.52. The van der Waals surface area contributed by atoms with Crippen LogP contribution in [0.2, 0.25) is 0 Å². The van der Waals surface area contributed by atoms with Crippen LogP contribution in [-0.4, -0.2) is 38.9 Å². The number of nitrogens with zero attached hydrogens (tertiary/aromatic N) is 3. The number of carbonyl (C=O) groups excluding carboxylic acids is 2. The first-order valence-electron chi connectivity index (χ1n) is 11.8. The molecule has 33 heavy (non-hydrogen) atoms. The number of anilines is 1. The molecule has 0 unspecified atom stereocenters. The van der Waals surface area contributed by atoms with Crippen LogP contribution < -0.4 is 5.32 Å². The molecule has 1 saturated heterocycles. The third kappa shape index (κ3) is 4.85. The van der Waals surface area contributed by atoms with Crippen molar-refractivity contribution in [3.63, 3.8) is 0 Å². The van der Waals surface area contributed by atoms with Crippen molar-refractivity contribution >= 4 is 17.5 Å². The molecule has 2 aromatic carbocycles. The Morgan fingerprint density at radius 2 is 1.85 bits per heavy atom. The first-order valence-corrected chi connectivity index (χ1v) is 11.8. The van der Waals surface area contributed by atoms with Gasteiger partial charge >= 0.3 is 0 Å². The number of hydrogen-bond acceptors (Lipinski definition) is 3. The average Bonchev–Trinajstić information content (AvgIpc) is 3.25. The lowest BCUT2D eigenvalue weighted by Gasteiger charge is -2.24. The van der Waals surface area contributed by atoms with Crippen molar-refractivity contribution in [2.75, 3.05) is 11.9 Å². The number of aryl methyl sites for hydroxylation is 2. The van der Waals surface area contributed by atoms with E-state index < -0.39 is 0 Å². The molecule has 2 amide bonds. The standard InChI is InChI=1S/C27H30N4O2/c1-20-17-30(19-28-20)23-12-10-22(11-13-23)29-26(33)24-16-27(14-15-27)18-31(24)25(32)9-5-8-21-6-3-2-4-7-21/h2-4,6-7,10-13,17,19,24H,5,8-9,14-16,18H2,1H3,(H,29,33)/t24-/m0/s1. The Labute approximate surface area is 194 Å². The second kappa shape index (κ2) is 8.85. The number of carbonyl (C=O) groups is 2. The topological polar surface area (TPSA) is 67.2 Å². The highest BCUT2D eigenvalue weighted by Gasteiger charge is 2.54. The van der Waals surface area contributed by atoms with Gasteiger partial charge in [-0.25, -0.2) is 4.98 Å². The number of amides is 2. The Bertz CT molecular complexity index is 1130. The van der Waals surface area contributed by atoms with Crippen LogP contribution in [0.4, 0.5) is 5.69 Å². The molecule has 0 radical (unpaired) electrons. The normalized spacial score (nSPS) is 18.5. The summed E-state index contributed by atoms with van der Waals surface area (Å²) in [4.78, 5) is 32.3. The maximum atomic E-state index is 13.2. The third-order valence-corrected chi connectivity index (χ3v) is 6.93. The number of rotatable bonds is 7. The fourth-order valence-electron chi connectivity index (χ4n) is 4.83. The Balaban J connectivity index is 1.21. The molecule has 0 bridgehead atoms. The maximum Gasteiger partial charge on any atom is 0.247 e. The summed E-state index contributed by atoms with van der Waals surface area (Å²) in [6.45, 7) is 2.67. The molecule has 2 fully saturated rings. The molecule has 2 aliphatic rings. The molecule has 170 valence electrons. The molecule has 3 aromatic rings. The van der Waals surface area contributed by atoms with Crippen LogP contribution in [0.1, 0.15) is 43.4 Å². The van der Waals surface area contributed by atoms with Crippen molar-refractivity contribution in [2.45, 2.75) is 51.5 Å². The lowest BCUT2D eigenvalue weighted by molar-refractivity contribution is -0.136. The van der Waals surface area contributed by atoms with E-state index in [-0.39, 0.29) is 23.3 Å². The molecule has 1 spiro atoms. The smallest absolute Gasteiger partial charge is 0.247 e. The van der Waals surface area contributed by atoms with Crippen molar-refractivity contribution in [1.82, 2.24) is 14.5 Å². The van der Waals surface area contributed by atoms with Crippen molar-refractivity contribution < 1.29 is 9.59 Å². The van der Waals surface area contributed by atoms with E-state index in [4.69, 9.17) is 0 Å². The van der Waals surface area contributed by atoms with Crippen LogP contribution in [0.5, 0.6) is 0 Å². The lowest BCUT2D eigenvalue weighted by Crippen LogP contribution is -2.43. The van der Waals surface area contributed by atoms with E-state index >= 15 is 0 Å². The predicted molar refractivity (Wildman–Crippen MR) is 128 cm³/mol. The minimum Gasteiger partial charge on any atom is -0.330 e. The summed E-state index contributed by atoms with van der Waals surface area (Å²) in [5.41, 5.74) is 4.10. The van der Waals surface area contributed by atoms with Gasteiger partial charge in [-0.15, -0.1) is 0 Å². The van der Waals surface area contributed by atoms with E-state index in [1.807, 2.05) is 65.1 Å². The molecule has 1 atom stereocenters. The SMILES string of the molecule is Cc1cn(-c2ccc(NC(=O)[C@@H]3CC4(CC4)CN3C(=O)CCCc3ccccc3)cc2)cn1. The minimum atomic E-state index is -0.382. The second-order valence-electron chi connectivity index (χ2n) is 9.54. The lowest BCUT2D eigenvalue weighted by atomic mass is 10.0. The summed E-state index contributed by atoms with van der Waals surface area (Å²) in [6.07, 6.45) is 8.90. The van der Waals surface area contributed by atoms with Crippen molar-refractivity contribution in [3.8, 4) is 5.69 Å². The zero-order valence-corrected chi connectivity index (χ0v) is 19.0. The number of imidazole rings is 1. The third-order valence-electron chi connectivity index (χ3n) is 6.93. The monoisotopic (exact) mass is 442 g/mol. The fourth-order valence-corrected chi connectivity index (χ4v) is 4.83. The first kappa shape index (κ1) is 21.4. The Kier molecular flexibility index (Phi) is 5.75. The highest BCUT2D eigenvalue weighted by Crippen LogP contribution is 2.55. The van der Waals surface area contributed by atoms with Crippen molar-refractivity contribution in [2.24, 2.45) is 5.41 Å². The van der Waals surface area contributed by atoms with Gasteiger partial charge in [-0.2, -0.15) is 0 Å². The summed E-state index contributed by atoms with van der Waals surface area (Å²) in [7, 11) is 0. The molecule has 1 aliphatic heterocycles. The van der Waals surface area contributed by atoms with Crippen molar-refractivity contribution in [3.05, 3.63) is 78.4 Å². The van der Waals surface area contributed by atoms with E-state index in [1.165, 1.54) is 5.56 Å². The molecule has 2 heterocycles. The Morgan fingerprint density at radius 1 is 1.09 bits per heavy atom. The van der Waals surface area contributed by atoms with E-state index in [9.17, 15) is 9.59 Å². The van der Waals surface area contributed by atoms with Gasteiger partial charge in [0, 0.05) is 30.5 Å². The van der Waals surface area contributed by atoms with E-state index in [2.05, 4.69) is 22.4 Å². The molecule has 1 saturated carbocycles. The zero-order chi connectivity index (χ0) is 22.8. The van der Waals surface area contributed by atoms with E-state index in [0.717, 1.165) is 49.2 Å². The quantitative estimate of drug-likeness (QED) is 0.585. The average molecular weight is 443 g/mol. The number of likely N-dealkylation sites (tertiary alicyclic amines) is 1. The maximum absolute atomic E-state index is 13.2. The van der Waals surface area contributed by atoms with Gasteiger partial charge in [0.1, 0.15) is 6.04 Å². The van der Waals surface area contributed by atoms with Crippen LogP contribution in [0.3, 0.4) is 0 Å². The molecule has 1 aromatic heterocycles. The highest BCUT2D eigenvalue weighted by molar-refractivity contribution is 5.97. The van der Waals surface area contributed by atoms with Gasteiger partial charge in [0.2, 0.25) is 11.8 Å². The number of nitrogens with one attached hydrogen (secondary N) is 1. The summed E-state index contributed by atoms with van der Waals surface area (Å²) in [6, 6.07) is 17.6. The van der Waals surface area contributed by atoms with Crippen LogP contribution >= 0.6 is 0 Å². The summed E-state index contributed by atoms with van der Waals surface area (Å²) >= 11 is 0. The molecule has 1 aliphatic carbocycles. The highest BCUT2D eigenvalue weighted by atomic mass is 16.2. The van der Waals surface area contributed by atoms with Crippen LogP contribution in [0.15, 0.2) is 67.1 Å². The molecular formula is C27H30N4O2. The van der Waals surface area contributed by atoms with E-state index in [0.29, 0.717) is 13.0 Å². The van der Waals surface area contributed by atoms with Crippen LogP contribution in [-0.2, 0) is 16.0 Å². The largest absolute Gasteiger partial charge is 0.330 e. The zero-order valence-electron chi connectivity index (χ0n) is 19.0. The second-order valence-corrected chi connectivity index (χ2v) is 9.54. The van der Waals surface area contributed by atoms with E-state index in [1.54, 1.807) is 6.33 Å². The number of hydrogen-bond donors (Lipinski definition) is 1. The first-order chi connectivity index (χ1) is 16.0. The number of benzene rings is 2. The van der Waals surface area contributed by atoms with Gasteiger partial charge < -0.3 is 14.8 Å². The van der Waals surface area contributed by atoms with Gasteiger partial charge in [-0.05, 0) is 74.3 Å². The minimum absolute atomic E-state index is 0.0820. The van der Waals surface area contributed by atoms with Gasteiger partial charge in [0.15, 0.2) is 0 Å². The Morgan fingerprint density at radius 3 is 2.52 bits per heavy atom. The van der Waals surface area contributed by atoms with Crippen LogP contribution in [0, 0.1) is 12.3 Å². The van der Waals surface area contributed by atoms with Gasteiger partial charge in [0.05, 0.1) is 12.0 Å². The van der Waals surface area contributed by atoms with Crippen molar-refractivity contribution in [1.29, 1.82) is 0 Å². The van der Waals surface area contributed by atoms with Gasteiger partial charge in [-0.1, -0.05) is 30.3 Å². The van der Waals surface area contributed by atoms with Crippen LogP contribution in [0.25, 0.3) is 5.69 Å².